The second-order valence-electron chi connectivity index (χ2n) is 21.2. The van der Waals surface area contributed by atoms with Gasteiger partial charge in [-0.2, -0.15) is 0 Å². The summed E-state index contributed by atoms with van der Waals surface area (Å²) >= 11 is 0. The Hall–Kier alpha value is -6.08. The van der Waals surface area contributed by atoms with Gasteiger partial charge in [0, 0.05) is 36.3 Å². The minimum atomic E-state index is -0.954. The van der Waals surface area contributed by atoms with Gasteiger partial charge in [0.25, 0.3) is 11.8 Å². The maximum Gasteiger partial charge on any atom is 0.251 e. The summed E-state index contributed by atoms with van der Waals surface area (Å²) in [6.07, 6.45) is 5.27. The first-order chi connectivity index (χ1) is 35.4. The van der Waals surface area contributed by atoms with Crippen LogP contribution in [-0.4, -0.2) is 133 Å². The molecule has 3 aromatic rings. The number of nitrogens with zero attached hydrogens (tertiary/aromatic N) is 2. The standard InChI is InChI=1S/C56H76N10O8.2ClH/c1-31(2)47(63-49(67)33(5)57-7)55(73)65-29-39(27-45(65)53(71)61-43-24-14-18-35-16-9-11-22-41(35)43)59-51(69)37-20-13-21-38(26-37)52(70)60-40-28-46(54(72)62-44-25-15-19-36-17-10-12-23-42(36)44)66(30-40)56(74)48(32(3)4)64-50(68)34(6)58-8;;/h9-13,16-17,20-23,26,31-34,39-40,43-48,57-58H,14-15,18-19,24-25,27-30H2,1-8H3,(H,59,69)(H,60,70)(H,61,71)(H,62,72)(H,63,67)(H,64,68);2*1H/t33-,34-,39-,40-,43+,44+,45-,46-,47-,48-;;/m0../s1. The molecule has 7 rings (SSSR count). The Balaban J connectivity index is 0.00000533. The number of carbonyl (C=O) groups is 8. The highest BCUT2D eigenvalue weighted by atomic mass is 35.5. The molecule has 2 aliphatic carbocycles. The van der Waals surface area contributed by atoms with E-state index in [1.54, 1.807) is 46.1 Å². The van der Waals surface area contributed by atoms with Crippen LogP contribution >= 0.6 is 24.8 Å². The van der Waals surface area contributed by atoms with E-state index in [-0.39, 0.29) is 109 Å². The molecule has 0 unspecified atom stereocenters. The van der Waals surface area contributed by atoms with Crippen LogP contribution in [0.1, 0.15) is 135 Å². The third kappa shape index (κ3) is 14.3. The number of hydrogen-bond acceptors (Lipinski definition) is 10. The van der Waals surface area contributed by atoms with Gasteiger partial charge in [-0.1, -0.05) is 82.3 Å². The molecule has 0 aromatic heterocycles. The molecule has 76 heavy (non-hydrogen) atoms. The first-order valence-corrected chi connectivity index (χ1v) is 26.4. The average molecular weight is 1090 g/mol. The monoisotopic (exact) mass is 1090 g/mol. The third-order valence-corrected chi connectivity index (χ3v) is 15.3. The lowest BCUT2D eigenvalue weighted by atomic mass is 9.87. The fourth-order valence-corrected chi connectivity index (χ4v) is 10.8. The van der Waals surface area contributed by atoms with E-state index in [0.717, 1.165) is 60.8 Å². The largest absolute Gasteiger partial charge is 0.347 e. The van der Waals surface area contributed by atoms with Crippen molar-refractivity contribution in [2.24, 2.45) is 11.8 Å². The number of likely N-dealkylation sites (N-methyl/N-ethyl adjacent to an activating group) is 2. The van der Waals surface area contributed by atoms with Crippen molar-refractivity contribution in [3.8, 4) is 0 Å². The Labute approximate surface area is 459 Å². The smallest absolute Gasteiger partial charge is 0.251 e. The number of halogens is 2. The summed E-state index contributed by atoms with van der Waals surface area (Å²) in [5, 5.41) is 24.0. The highest BCUT2D eigenvalue weighted by Crippen LogP contribution is 2.33. The van der Waals surface area contributed by atoms with Crippen LogP contribution in [0.2, 0.25) is 0 Å². The number of nitrogens with one attached hydrogen (secondary N) is 8. The molecule has 18 nitrogen and oxygen atoms in total. The van der Waals surface area contributed by atoms with Crippen molar-refractivity contribution in [1.82, 2.24) is 52.3 Å². The van der Waals surface area contributed by atoms with Crippen molar-refractivity contribution in [3.05, 3.63) is 106 Å². The fraction of sp³-hybridized carbons (Fsp3) is 0.536. The molecule has 8 amide bonds. The molecule has 3 aromatic carbocycles. The SMILES string of the molecule is CN[C@@H](C)C(=O)N[C@H](C(=O)N1C[C@@H](NC(=O)c2cccc(C(=O)N[C@H]3C[C@@H](C(=O)N[C@@H]4CCCc5ccccc54)N(C(=O)[C@@H](NC(=O)[C@H](C)NC)C(C)C)C3)c2)C[C@H]1C(=O)N[C@@H]1CCCc2ccccc21)C(C)C.Cl.Cl. The summed E-state index contributed by atoms with van der Waals surface area (Å²) in [5.41, 5.74) is 4.73. The number of hydrogen-bond donors (Lipinski definition) is 8. The van der Waals surface area contributed by atoms with Crippen molar-refractivity contribution in [2.45, 2.75) is 153 Å². The Kier molecular flexibility index (Phi) is 21.8. The third-order valence-electron chi connectivity index (χ3n) is 15.3. The van der Waals surface area contributed by atoms with Gasteiger partial charge in [-0.15, -0.1) is 24.8 Å². The molecule has 0 bridgehead atoms. The zero-order valence-corrected chi connectivity index (χ0v) is 46.5. The minimum Gasteiger partial charge on any atom is -0.347 e. The van der Waals surface area contributed by atoms with Crippen LogP contribution in [0.5, 0.6) is 0 Å². The summed E-state index contributed by atoms with van der Waals surface area (Å²) < 4.78 is 0. The molecule has 414 valence electrons. The van der Waals surface area contributed by atoms with Crippen molar-refractivity contribution in [2.75, 3.05) is 27.2 Å². The van der Waals surface area contributed by atoms with Crippen molar-refractivity contribution in [1.29, 1.82) is 0 Å². The van der Waals surface area contributed by atoms with Crippen LogP contribution in [0, 0.1) is 11.8 Å². The van der Waals surface area contributed by atoms with Crippen LogP contribution in [0.4, 0.5) is 0 Å². The Morgan fingerprint density at radius 2 is 0.895 bits per heavy atom. The maximum absolute atomic E-state index is 14.5. The number of aryl methyl sites for hydroxylation is 2. The summed E-state index contributed by atoms with van der Waals surface area (Å²) in [4.78, 5) is 115. The van der Waals surface area contributed by atoms with Gasteiger partial charge in [-0.05, 0) is 132 Å². The molecular weight excluding hydrogens is 1010 g/mol. The van der Waals surface area contributed by atoms with Crippen molar-refractivity contribution < 1.29 is 38.4 Å². The average Bonchev–Trinajstić information content (AvgIpc) is 4.03. The van der Waals surface area contributed by atoms with E-state index >= 15 is 0 Å². The molecular formula is C56H78Cl2N10O8. The first-order valence-electron chi connectivity index (χ1n) is 26.4. The molecule has 0 spiro atoms. The normalized spacial score (nSPS) is 22.2. The van der Waals surface area contributed by atoms with E-state index in [4.69, 9.17) is 0 Å². The van der Waals surface area contributed by atoms with Crippen LogP contribution in [0.25, 0.3) is 0 Å². The van der Waals surface area contributed by atoms with Gasteiger partial charge in [0.2, 0.25) is 35.4 Å². The highest BCUT2D eigenvalue weighted by molar-refractivity contribution is 6.01. The predicted octanol–water partition coefficient (Wildman–Crippen LogP) is 3.81. The van der Waals surface area contributed by atoms with Crippen molar-refractivity contribution in [3.63, 3.8) is 0 Å². The zero-order chi connectivity index (χ0) is 53.4. The molecule has 2 fully saturated rings. The van der Waals surface area contributed by atoms with Gasteiger partial charge in [0.05, 0.1) is 24.2 Å². The molecule has 0 saturated carbocycles. The lowest BCUT2D eigenvalue weighted by Crippen LogP contribution is -2.57. The van der Waals surface area contributed by atoms with Crippen LogP contribution < -0.4 is 42.5 Å². The summed E-state index contributed by atoms with van der Waals surface area (Å²) in [6.45, 7) is 10.7. The minimum absolute atomic E-state index is 0. The molecule has 2 saturated heterocycles. The van der Waals surface area contributed by atoms with Crippen LogP contribution in [-0.2, 0) is 41.6 Å². The van der Waals surface area contributed by atoms with Gasteiger partial charge < -0.3 is 52.3 Å². The van der Waals surface area contributed by atoms with Crippen LogP contribution in [0.15, 0.2) is 72.8 Å². The first kappa shape index (κ1) is 60.8. The number of carbonyl (C=O) groups excluding carboxylic acids is 8. The van der Waals surface area contributed by atoms with E-state index < -0.39 is 72.0 Å². The van der Waals surface area contributed by atoms with Gasteiger partial charge in [0.1, 0.15) is 24.2 Å². The van der Waals surface area contributed by atoms with Gasteiger partial charge in [-0.25, -0.2) is 0 Å². The second-order valence-corrected chi connectivity index (χ2v) is 21.2. The Morgan fingerprint density at radius 3 is 1.26 bits per heavy atom. The number of benzene rings is 3. The molecule has 2 aliphatic heterocycles. The predicted molar refractivity (Wildman–Crippen MR) is 295 cm³/mol. The van der Waals surface area contributed by atoms with E-state index in [1.807, 2.05) is 64.1 Å². The summed E-state index contributed by atoms with van der Waals surface area (Å²) in [5.74, 6) is -3.99. The maximum atomic E-state index is 14.5. The van der Waals surface area contributed by atoms with Crippen molar-refractivity contribution >= 4 is 72.1 Å². The van der Waals surface area contributed by atoms with E-state index in [1.165, 1.54) is 15.9 Å². The topological polar surface area (TPSA) is 239 Å². The quantitative estimate of drug-likeness (QED) is 0.0917. The molecule has 0 radical (unpaired) electrons. The zero-order valence-electron chi connectivity index (χ0n) is 44.9. The molecule has 4 aliphatic rings. The lowest BCUT2D eigenvalue weighted by molar-refractivity contribution is -0.142. The second kappa shape index (κ2) is 27.3. The molecule has 20 heteroatoms. The number of likely N-dealkylation sites (tertiary alicyclic amines) is 2. The number of amides is 8. The number of fused-ring (bicyclic) bond motifs is 2. The van der Waals surface area contributed by atoms with Gasteiger partial charge in [-0.3, -0.25) is 38.4 Å². The summed E-state index contributed by atoms with van der Waals surface area (Å²) in [7, 11) is 3.30. The van der Waals surface area contributed by atoms with Gasteiger partial charge in [0.15, 0.2) is 0 Å². The molecule has 8 N–H and O–H groups in total. The Morgan fingerprint density at radius 1 is 0.513 bits per heavy atom. The van der Waals surface area contributed by atoms with E-state index in [2.05, 4.69) is 54.7 Å². The van der Waals surface area contributed by atoms with Crippen LogP contribution in [0.3, 0.4) is 0 Å². The van der Waals surface area contributed by atoms with Gasteiger partial charge >= 0.3 is 0 Å². The Bertz CT molecular complexity index is 2410. The summed E-state index contributed by atoms with van der Waals surface area (Å²) in [6, 6.07) is 15.4. The van der Waals surface area contributed by atoms with E-state index in [0.29, 0.717) is 0 Å². The lowest BCUT2D eigenvalue weighted by Gasteiger charge is -2.32. The highest BCUT2D eigenvalue weighted by Gasteiger charge is 2.46. The van der Waals surface area contributed by atoms with E-state index in [9.17, 15) is 38.4 Å². The fourth-order valence-electron chi connectivity index (χ4n) is 10.8. The molecule has 10 atom stereocenters. The number of rotatable bonds is 18. The molecule has 2 heterocycles.